The molecular weight excluding hydrogens is 244 g/mol. The van der Waals surface area contributed by atoms with Crippen LogP contribution in [0.4, 0.5) is 4.79 Å². The molecule has 0 aliphatic heterocycles. The summed E-state index contributed by atoms with van der Waals surface area (Å²) in [6.45, 7) is 7.60. The summed E-state index contributed by atoms with van der Waals surface area (Å²) in [5, 5.41) is 12.3. The number of hydrogen-bond donors (Lipinski definition) is 2. The molecule has 1 saturated carbocycles. The molecule has 0 heterocycles. The van der Waals surface area contributed by atoms with Gasteiger partial charge in [-0.05, 0) is 40.0 Å². The maximum Gasteiger partial charge on any atom is 0.407 e. The van der Waals surface area contributed by atoms with Crippen molar-refractivity contribution in [3.05, 3.63) is 0 Å². The molecule has 0 saturated heterocycles. The lowest BCUT2D eigenvalue weighted by Crippen LogP contribution is -2.52. The Balaban J connectivity index is 2.71. The Morgan fingerprint density at radius 3 is 2.32 bits per heavy atom. The molecule has 5 nitrogen and oxygen atoms in total. The quantitative estimate of drug-likeness (QED) is 0.779. The minimum Gasteiger partial charge on any atom is -0.465 e. The summed E-state index contributed by atoms with van der Waals surface area (Å²) in [7, 11) is 0. The van der Waals surface area contributed by atoms with Gasteiger partial charge in [0.25, 0.3) is 0 Å². The number of carbonyl (C=O) groups excluding carboxylic acids is 1. The molecule has 110 valence electrons. The Kier molecular flexibility index (Phi) is 5.20. The van der Waals surface area contributed by atoms with E-state index in [0.29, 0.717) is 12.5 Å². The van der Waals surface area contributed by atoms with Crippen molar-refractivity contribution >= 4 is 12.0 Å². The number of amides is 2. The lowest BCUT2D eigenvalue weighted by Gasteiger charge is -2.39. The molecule has 1 rings (SSSR count). The summed E-state index contributed by atoms with van der Waals surface area (Å²) in [6.07, 6.45) is 2.97. The van der Waals surface area contributed by atoms with Gasteiger partial charge in [-0.2, -0.15) is 0 Å². The van der Waals surface area contributed by atoms with E-state index in [2.05, 4.69) is 5.32 Å². The zero-order chi connectivity index (χ0) is 14.6. The van der Waals surface area contributed by atoms with E-state index in [-0.39, 0.29) is 18.4 Å². The molecule has 0 unspecified atom stereocenters. The van der Waals surface area contributed by atoms with Gasteiger partial charge < -0.3 is 15.3 Å². The average Bonchev–Trinajstić information content (AvgIpc) is 2.98. The van der Waals surface area contributed by atoms with Crippen LogP contribution < -0.4 is 5.32 Å². The molecule has 0 aromatic heterocycles. The van der Waals surface area contributed by atoms with E-state index in [1.165, 1.54) is 4.90 Å². The average molecular weight is 270 g/mol. The van der Waals surface area contributed by atoms with Gasteiger partial charge in [0.2, 0.25) is 5.91 Å². The third-order valence-corrected chi connectivity index (χ3v) is 3.28. The number of carbonyl (C=O) groups is 2. The molecule has 0 bridgehead atoms. The van der Waals surface area contributed by atoms with Crippen molar-refractivity contribution in [1.82, 2.24) is 10.2 Å². The third-order valence-electron chi connectivity index (χ3n) is 3.28. The van der Waals surface area contributed by atoms with Crippen LogP contribution in [0, 0.1) is 0 Å². The van der Waals surface area contributed by atoms with E-state index in [9.17, 15) is 14.7 Å². The number of rotatable bonds is 6. The molecule has 1 atom stereocenters. The largest absolute Gasteiger partial charge is 0.465 e. The number of nitrogens with one attached hydrogen (secondary N) is 1. The van der Waals surface area contributed by atoms with Crippen molar-refractivity contribution in [2.75, 3.05) is 0 Å². The monoisotopic (exact) mass is 270 g/mol. The van der Waals surface area contributed by atoms with Crippen LogP contribution in [0.1, 0.15) is 59.8 Å². The minimum atomic E-state index is -0.954. The Labute approximate surface area is 115 Å². The molecule has 0 aromatic carbocycles. The fourth-order valence-electron chi connectivity index (χ4n) is 2.37. The zero-order valence-corrected chi connectivity index (χ0v) is 12.4. The Hall–Kier alpha value is -1.26. The van der Waals surface area contributed by atoms with Crippen molar-refractivity contribution in [2.45, 2.75) is 77.4 Å². The molecule has 1 aliphatic rings. The minimum absolute atomic E-state index is 0.0311. The smallest absolute Gasteiger partial charge is 0.407 e. The highest BCUT2D eigenvalue weighted by Gasteiger charge is 2.34. The van der Waals surface area contributed by atoms with E-state index >= 15 is 0 Å². The molecule has 1 aliphatic carbocycles. The SMILES string of the molecule is CCC[C@@H](CC(=O)NC1CC1)N(C(=O)O)C(C)(C)C. The first-order valence-electron chi connectivity index (χ1n) is 7.07. The van der Waals surface area contributed by atoms with E-state index in [1.54, 1.807) is 0 Å². The second-order valence-electron chi connectivity index (χ2n) is 6.31. The molecule has 2 amide bonds. The van der Waals surface area contributed by atoms with Gasteiger partial charge in [-0.3, -0.25) is 4.79 Å². The van der Waals surface area contributed by atoms with Crippen molar-refractivity contribution in [1.29, 1.82) is 0 Å². The summed E-state index contributed by atoms with van der Waals surface area (Å²) in [5.74, 6) is -0.0311. The highest BCUT2D eigenvalue weighted by atomic mass is 16.4. The molecule has 0 radical (unpaired) electrons. The van der Waals surface area contributed by atoms with E-state index < -0.39 is 11.6 Å². The number of carboxylic acid groups (broad SMARTS) is 1. The van der Waals surface area contributed by atoms with Crippen LogP contribution in [0.3, 0.4) is 0 Å². The second-order valence-corrected chi connectivity index (χ2v) is 6.31. The van der Waals surface area contributed by atoms with E-state index in [4.69, 9.17) is 0 Å². The Morgan fingerprint density at radius 1 is 1.37 bits per heavy atom. The van der Waals surface area contributed by atoms with Gasteiger partial charge in [0.1, 0.15) is 0 Å². The summed E-state index contributed by atoms with van der Waals surface area (Å²) >= 11 is 0. The van der Waals surface area contributed by atoms with Gasteiger partial charge in [-0.1, -0.05) is 13.3 Å². The van der Waals surface area contributed by atoms with Gasteiger partial charge >= 0.3 is 6.09 Å². The highest BCUT2D eigenvalue weighted by Crippen LogP contribution is 2.24. The first-order chi connectivity index (χ1) is 8.75. The molecule has 1 fully saturated rings. The fraction of sp³-hybridized carbons (Fsp3) is 0.857. The summed E-state index contributed by atoms with van der Waals surface area (Å²) < 4.78 is 0. The van der Waals surface area contributed by atoms with Crippen LogP contribution in [0.15, 0.2) is 0 Å². The van der Waals surface area contributed by atoms with Crippen LogP contribution in [-0.4, -0.2) is 39.6 Å². The first-order valence-corrected chi connectivity index (χ1v) is 7.07. The third kappa shape index (κ3) is 5.09. The maximum atomic E-state index is 11.9. The fourth-order valence-corrected chi connectivity index (χ4v) is 2.37. The summed E-state index contributed by atoms with van der Waals surface area (Å²) in [6, 6.07) is 0.0731. The van der Waals surface area contributed by atoms with Crippen LogP contribution >= 0.6 is 0 Å². The van der Waals surface area contributed by atoms with Crippen molar-refractivity contribution in [2.24, 2.45) is 0 Å². The number of hydrogen-bond acceptors (Lipinski definition) is 2. The number of nitrogens with zero attached hydrogens (tertiary/aromatic N) is 1. The molecule has 0 aromatic rings. The topological polar surface area (TPSA) is 69.6 Å². The van der Waals surface area contributed by atoms with Gasteiger partial charge in [-0.15, -0.1) is 0 Å². The maximum absolute atomic E-state index is 11.9. The van der Waals surface area contributed by atoms with Crippen LogP contribution in [0.25, 0.3) is 0 Å². The zero-order valence-electron chi connectivity index (χ0n) is 12.4. The Bertz CT molecular complexity index is 332. The predicted molar refractivity (Wildman–Crippen MR) is 74.1 cm³/mol. The summed E-state index contributed by atoms with van der Waals surface area (Å²) in [4.78, 5) is 24.8. The predicted octanol–water partition coefficient (Wildman–Crippen LogP) is 2.60. The molecule has 5 heteroatoms. The lowest BCUT2D eigenvalue weighted by molar-refractivity contribution is -0.122. The van der Waals surface area contributed by atoms with Crippen LogP contribution in [-0.2, 0) is 4.79 Å². The second kappa shape index (κ2) is 6.26. The highest BCUT2D eigenvalue weighted by molar-refractivity contribution is 5.78. The van der Waals surface area contributed by atoms with Gasteiger partial charge in [0.15, 0.2) is 0 Å². The standard InChI is InChI=1S/C14H26N2O3/c1-5-6-11(9-12(17)15-10-7-8-10)16(13(18)19)14(2,3)4/h10-11H,5-9H2,1-4H3,(H,15,17)(H,18,19)/t11-/m0/s1. The van der Waals surface area contributed by atoms with Crippen molar-refractivity contribution < 1.29 is 14.7 Å². The lowest BCUT2D eigenvalue weighted by atomic mass is 9.98. The van der Waals surface area contributed by atoms with Crippen LogP contribution in [0.5, 0.6) is 0 Å². The van der Waals surface area contributed by atoms with Crippen molar-refractivity contribution in [3.8, 4) is 0 Å². The van der Waals surface area contributed by atoms with Gasteiger partial charge in [0.05, 0.1) is 0 Å². The molecule has 0 spiro atoms. The molecule has 19 heavy (non-hydrogen) atoms. The van der Waals surface area contributed by atoms with E-state index in [0.717, 1.165) is 19.3 Å². The van der Waals surface area contributed by atoms with Gasteiger partial charge in [0, 0.05) is 24.0 Å². The molecule has 2 N–H and O–H groups in total. The van der Waals surface area contributed by atoms with Crippen molar-refractivity contribution in [3.63, 3.8) is 0 Å². The normalized spacial score (nSPS) is 16.8. The summed E-state index contributed by atoms with van der Waals surface area (Å²) in [5.41, 5.74) is -0.495. The van der Waals surface area contributed by atoms with Crippen LogP contribution in [0.2, 0.25) is 0 Å². The van der Waals surface area contributed by atoms with E-state index in [1.807, 2.05) is 27.7 Å². The molecular formula is C14H26N2O3. The Morgan fingerprint density at radius 2 is 1.95 bits per heavy atom. The van der Waals surface area contributed by atoms with Gasteiger partial charge in [-0.25, -0.2) is 4.79 Å². The first kappa shape index (κ1) is 15.8.